The van der Waals surface area contributed by atoms with Crippen LogP contribution in [0.2, 0.25) is 0 Å². The topological polar surface area (TPSA) is 28.6 Å². The zero-order chi connectivity index (χ0) is 33.5. The molecule has 5 aromatic carbocycles. The number of ether oxygens (including phenoxy) is 1. The van der Waals surface area contributed by atoms with Crippen molar-refractivity contribution in [1.29, 1.82) is 0 Å². The van der Waals surface area contributed by atoms with Gasteiger partial charge in [-0.15, -0.1) is 28.9 Å². The summed E-state index contributed by atoms with van der Waals surface area (Å²) in [5.74, 6) is 1.15. The van der Waals surface area contributed by atoms with Crippen LogP contribution < -0.4 is 14.5 Å². The molecule has 0 radical (unpaired) electrons. The van der Waals surface area contributed by atoms with Crippen LogP contribution in [0.1, 0.15) is 59.7 Å². The fourth-order valence-electron chi connectivity index (χ4n) is 6.65. The van der Waals surface area contributed by atoms with Crippen LogP contribution >= 0.6 is 0 Å². The second-order valence-corrected chi connectivity index (χ2v) is 13.6. The van der Waals surface area contributed by atoms with Crippen molar-refractivity contribution in [1.82, 2.24) is 4.98 Å². The van der Waals surface area contributed by atoms with E-state index >= 15 is 0 Å². The van der Waals surface area contributed by atoms with E-state index in [0.717, 1.165) is 39.2 Å². The Labute approximate surface area is 305 Å². The Morgan fingerprint density at radius 2 is 1.24 bits per heavy atom. The Kier molecular flexibility index (Phi) is 9.56. The first-order valence-electron chi connectivity index (χ1n) is 16.4. The first-order chi connectivity index (χ1) is 23.1. The molecule has 2 heterocycles. The van der Waals surface area contributed by atoms with Gasteiger partial charge in [0.25, 0.3) is 0 Å². The van der Waals surface area contributed by atoms with Gasteiger partial charge in [-0.2, -0.15) is 43.1 Å². The predicted octanol–water partition coefficient (Wildman–Crippen LogP) is 10.5. The summed E-state index contributed by atoms with van der Waals surface area (Å²) >= 11 is 0. The largest absolute Gasteiger partial charge is 0.504 e. The van der Waals surface area contributed by atoms with Gasteiger partial charge in [0.1, 0.15) is 0 Å². The van der Waals surface area contributed by atoms with Crippen molar-refractivity contribution in [2.24, 2.45) is 0 Å². The Morgan fingerprint density at radius 1 is 0.653 bits per heavy atom. The smallest absolute Gasteiger partial charge is 0.216 e. The van der Waals surface area contributed by atoms with Crippen LogP contribution in [0.5, 0.6) is 11.6 Å². The standard InChI is InChI=1S/C44H40N3O.Pt/c1-31-25-40-41(26-32(31)2)47(30-46(40)6)38-21-13-19-36(27-38)44(33-15-9-7-10-16-33,34-17-11-8-12-18-34)37-20-14-22-39(28-37)48-42-29-35(23-24-45-42)43(3,4)5;/h7-26,29-30H,1-6H3;/q-3;. The predicted molar refractivity (Wildman–Crippen MR) is 196 cm³/mol. The summed E-state index contributed by atoms with van der Waals surface area (Å²) in [6, 6.07) is 50.1. The Bertz CT molecular complexity index is 2030. The maximum absolute atomic E-state index is 6.44. The van der Waals surface area contributed by atoms with Gasteiger partial charge in [0.2, 0.25) is 5.88 Å². The van der Waals surface area contributed by atoms with E-state index in [4.69, 9.17) is 4.74 Å². The third-order valence-corrected chi connectivity index (χ3v) is 9.36. The first-order valence-corrected chi connectivity index (χ1v) is 16.4. The molecule has 0 spiro atoms. The molecule has 250 valence electrons. The monoisotopic (exact) mass is 821 g/mol. The normalized spacial score (nSPS) is 12.8. The summed E-state index contributed by atoms with van der Waals surface area (Å²) in [4.78, 5) is 8.97. The average molecular weight is 822 g/mol. The van der Waals surface area contributed by atoms with Gasteiger partial charge in [0.15, 0.2) is 0 Å². The quantitative estimate of drug-likeness (QED) is 0.118. The number of nitrogens with zero attached hydrogens (tertiary/aromatic N) is 3. The van der Waals surface area contributed by atoms with E-state index in [9.17, 15) is 0 Å². The van der Waals surface area contributed by atoms with Crippen LogP contribution in [0.15, 0.2) is 128 Å². The minimum absolute atomic E-state index is 0. The van der Waals surface area contributed by atoms with Crippen LogP contribution in [-0.4, -0.2) is 12.0 Å². The minimum Gasteiger partial charge on any atom is -0.504 e. The molecule has 0 saturated heterocycles. The SMILES string of the molecule is Cc1cc2c(cc1C)N(c1[c-]c(C(c3[c-]c(Oc4cc(C(C)(C)C)ccn4)ccc3)(c3ccccc3)c3ccccc3)ccc1)[CH-]N2C.[Pt]. The summed E-state index contributed by atoms with van der Waals surface area (Å²) in [6.45, 7) is 13.1. The second kappa shape index (κ2) is 13.7. The molecule has 7 rings (SSSR count). The molecule has 0 unspecified atom stereocenters. The molecular formula is C44H40N3OPt-3. The number of hydrogen-bond acceptors (Lipinski definition) is 4. The van der Waals surface area contributed by atoms with E-state index in [0.29, 0.717) is 11.6 Å². The van der Waals surface area contributed by atoms with Crippen LogP contribution in [0.25, 0.3) is 0 Å². The van der Waals surface area contributed by atoms with Gasteiger partial charge >= 0.3 is 0 Å². The molecule has 6 aromatic rings. The van der Waals surface area contributed by atoms with Gasteiger partial charge in [-0.05, 0) is 72.3 Å². The summed E-state index contributed by atoms with van der Waals surface area (Å²) < 4.78 is 6.44. The molecule has 1 aliphatic heterocycles. The molecular weight excluding hydrogens is 782 g/mol. The molecule has 1 aliphatic rings. The first kappa shape index (κ1) is 34.2. The number of benzene rings is 5. The average Bonchev–Trinajstić information content (AvgIpc) is 3.41. The molecule has 49 heavy (non-hydrogen) atoms. The fourth-order valence-corrected chi connectivity index (χ4v) is 6.65. The molecule has 0 amide bonds. The van der Waals surface area contributed by atoms with Gasteiger partial charge in [-0.1, -0.05) is 81.4 Å². The number of rotatable bonds is 7. The molecule has 0 bridgehead atoms. The summed E-state index contributed by atoms with van der Waals surface area (Å²) in [6.07, 6.45) is 1.81. The van der Waals surface area contributed by atoms with Crippen molar-refractivity contribution in [3.63, 3.8) is 0 Å². The maximum atomic E-state index is 6.44. The van der Waals surface area contributed by atoms with E-state index < -0.39 is 5.41 Å². The molecule has 0 saturated carbocycles. The van der Waals surface area contributed by atoms with E-state index in [1.807, 2.05) is 30.5 Å². The third kappa shape index (κ3) is 6.43. The zero-order valence-electron chi connectivity index (χ0n) is 28.8. The fraction of sp³-hybridized carbons (Fsp3) is 0.182. The van der Waals surface area contributed by atoms with Gasteiger partial charge in [-0.3, -0.25) is 0 Å². The van der Waals surface area contributed by atoms with Gasteiger partial charge in [0, 0.05) is 55.9 Å². The molecule has 4 nitrogen and oxygen atoms in total. The Balaban J connectivity index is 0.00000417. The van der Waals surface area contributed by atoms with E-state index in [1.54, 1.807) is 0 Å². The van der Waals surface area contributed by atoms with E-state index in [1.165, 1.54) is 16.8 Å². The molecule has 0 aliphatic carbocycles. The van der Waals surface area contributed by atoms with Crippen LogP contribution in [0, 0.1) is 32.6 Å². The Morgan fingerprint density at radius 3 is 1.88 bits per heavy atom. The number of aryl methyl sites for hydroxylation is 2. The van der Waals surface area contributed by atoms with Crippen molar-refractivity contribution in [3.8, 4) is 11.6 Å². The molecule has 5 heteroatoms. The molecule has 1 aromatic heterocycles. The van der Waals surface area contributed by atoms with Crippen molar-refractivity contribution in [3.05, 3.63) is 185 Å². The van der Waals surface area contributed by atoms with Crippen LogP contribution in [0.4, 0.5) is 17.1 Å². The number of hydrogen-bond donors (Lipinski definition) is 0. The van der Waals surface area contributed by atoms with E-state index in [-0.39, 0.29) is 26.5 Å². The molecule has 0 atom stereocenters. The number of pyridine rings is 1. The molecule has 0 fully saturated rings. The van der Waals surface area contributed by atoms with Crippen molar-refractivity contribution in [2.75, 3.05) is 16.8 Å². The molecule has 0 N–H and O–H groups in total. The Hall–Kier alpha value is -4.66. The zero-order valence-corrected chi connectivity index (χ0v) is 31.0. The third-order valence-electron chi connectivity index (χ3n) is 9.36. The number of anilines is 3. The van der Waals surface area contributed by atoms with Crippen LogP contribution in [0.3, 0.4) is 0 Å². The van der Waals surface area contributed by atoms with E-state index in [2.05, 4.69) is 172 Å². The summed E-state index contributed by atoms with van der Waals surface area (Å²) in [7, 11) is 2.10. The summed E-state index contributed by atoms with van der Waals surface area (Å²) in [5.41, 5.74) is 10.4. The van der Waals surface area contributed by atoms with Gasteiger partial charge in [0.05, 0.1) is 0 Å². The number of aromatic nitrogens is 1. The minimum atomic E-state index is -0.754. The number of fused-ring (bicyclic) bond motifs is 1. The van der Waals surface area contributed by atoms with Crippen molar-refractivity contribution < 1.29 is 25.8 Å². The maximum Gasteiger partial charge on any atom is 0.216 e. The van der Waals surface area contributed by atoms with Gasteiger partial charge < -0.3 is 14.5 Å². The van der Waals surface area contributed by atoms with Crippen molar-refractivity contribution >= 4 is 17.1 Å². The van der Waals surface area contributed by atoms with Crippen molar-refractivity contribution in [2.45, 2.75) is 45.4 Å². The summed E-state index contributed by atoms with van der Waals surface area (Å²) in [5, 5.41) is 0. The second-order valence-electron chi connectivity index (χ2n) is 13.6. The van der Waals surface area contributed by atoms with Gasteiger partial charge in [-0.25, -0.2) is 4.98 Å². The van der Waals surface area contributed by atoms with Crippen LogP contribution in [-0.2, 0) is 31.9 Å².